The highest BCUT2D eigenvalue weighted by Crippen LogP contribution is 2.30. The number of amidine groups is 1. The summed E-state index contributed by atoms with van der Waals surface area (Å²) in [4.78, 5) is 17.4. The van der Waals surface area contributed by atoms with Crippen molar-refractivity contribution in [3.8, 4) is 0 Å². The minimum atomic E-state index is 0.0272. The predicted octanol–water partition coefficient (Wildman–Crippen LogP) is 1.74. The third-order valence-electron chi connectivity index (χ3n) is 3.09. The maximum Gasteiger partial charge on any atom is 0.258 e. The summed E-state index contributed by atoms with van der Waals surface area (Å²) in [5, 5.41) is 0.964. The Morgan fingerprint density at radius 2 is 2.43 bits per heavy atom. The topological polar surface area (TPSA) is 32.7 Å². The number of carbonyl (C=O) groups excluding carboxylic acids is 1. The van der Waals surface area contributed by atoms with Crippen LogP contribution in [0.25, 0.3) is 0 Å². The third kappa shape index (κ3) is 1.67. The molecular formula is C10H16N2OS. The van der Waals surface area contributed by atoms with Crippen LogP contribution in [-0.4, -0.2) is 34.3 Å². The van der Waals surface area contributed by atoms with Crippen LogP contribution in [-0.2, 0) is 4.79 Å². The van der Waals surface area contributed by atoms with Crippen LogP contribution in [0.5, 0.6) is 0 Å². The van der Waals surface area contributed by atoms with Gasteiger partial charge in [0.15, 0.2) is 5.17 Å². The molecule has 1 fully saturated rings. The molecule has 2 heterocycles. The quantitative estimate of drug-likeness (QED) is 0.663. The number of carbonyl (C=O) groups is 1. The maximum atomic E-state index is 11.1. The lowest BCUT2D eigenvalue weighted by Gasteiger charge is -2.26. The summed E-state index contributed by atoms with van der Waals surface area (Å²) in [7, 11) is 0. The summed E-state index contributed by atoms with van der Waals surface area (Å²) in [6.07, 6.45) is 2.38. The van der Waals surface area contributed by atoms with Gasteiger partial charge < -0.3 is 4.90 Å². The monoisotopic (exact) mass is 212 g/mol. The van der Waals surface area contributed by atoms with Gasteiger partial charge in [-0.2, -0.15) is 4.99 Å². The van der Waals surface area contributed by atoms with Crippen molar-refractivity contribution in [3.05, 3.63) is 0 Å². The van der Waals surface area contributed by atoms with Crippen LogP contribution in [0.15, 0.2) is 4.99 Å². The molecule has 0 aromatic rings. The highest BCUT2D eigenvalue weighted by atomic mass is 32.2. The number of hydrogen-bond donors (Lipinski definition) is 0. The number of amides is 1. The summed E-state index contributed by atoms with van der Waals surface area (Å²) >= 11 is 1.60. The van der Waals surface area contributed by atoms with Gasteiger partial charge in [0.2, 0.25) is 0 Å². The van der Waals surface area contributed by atoms with Gasteiger partial charge in [-0.1, -0.05) is 25.6 Å². The maximum absolute atomic E-state index is 11.1. The summed E-state index contributed by atoms with van der Waals surface area (Å²) in [5.41, 5.74) is 0. The van der Waals surface area contributed by atoms with Crippen molar-refractivity contribution in [3.63, 3.8) is 0 Å². The van der Waals surface area contributed by atoms with E-state index in [1.165, 1.54) is 6.42 Å². The second-order valence-corrected chi connectivity index (χ2v) is 4.95. The smallest absolute Gasteiger partial charge is 0.258 e. The van der Waals surface area contributed by atoms with Gasteiger partial charge >= 0.3 is 0 Å². The Morgan fingerprint density at radius 1 is 1.64 bits per heavy atom. The fraction of sp³-hybridized carbons (Fsp3) is 0.800. The summed E-state index contributed by atoms with van der Waals surface area (Å²) < 4.78 is 0. The van der Waals surface area contributed by atoms with Gasteiger partial charge in [-0.3, -0.25) is 4.79 Å². The number of hydrogen-bond acceptors (Lipinski definition) is 3. The normalized spacial score (nSPS) is 32.6. The first kappa shape index (κ1) is 10.0. The van der Waals surface area contributed by atoms with Gasteiger partial charge in [0.05, 0.1) is 5.75 Å². The fourth-order valence-electron chi connectivity index (χ4n) is 2.31. The van der Waals surface area contributed by atoms with E-state index in [1.54, 1.807) is 11.8 Å². The number of nitrogens with zero attached hydrogens (tertiary/aromatic N) is 2. The lowest BCUT2D eigenvalue weighted by molar-refractivity contribution is -0.115. The molecule has 0 bridgehead atoms. The minimum absolute atomic E-state index is 0.0272. The van der Waals surface area contributed by atoms with E-state index < -0.39 is 0 Å². The molecule has 2 unspecified atom stereocenters. The summed E-state index contributed by atoms with van der Waals surface area (Å²) in [6.45, 7) is 5.57. The van der Waals surface area contributed by atoms with E-state index in [0.717, 1.165) is 24.1 Å². The van der Waals surface area contributed by atoms with Gasteiger partial charge in [0.1, 0.15) is 0 Å². The molecule has 14 heavy (non-hydrogen) atoms. The molecule has 0 N–H and O–H groups in total. The molecule has 3 nitrogen and oxygen atoms in total. The Kier molecular flexibility index (Phi) is 2.81. The second-order valence-electron chi connectivity index (χ2n) is 4.01. The average Bonchev–Trinajstić information content (AvgIpc) is 2.71. The van der Waals surface area contributed by atoms with E-state index in [-0.39, 0.29) is 5.91 Å². The molecule has 4 heteroatoms. The zero-order chi connectivity index (χ0) is 10.1. The standard InChI is InChI=1S/C10H16N2OS/c1-3-8-7(2)4-5-12(8)10-11-9(13)6-14-10/h7-8H,3-6H2,1-2H3. The number of likely N-dealkylation sites (tertiary alicyclic amines) is 1. The number of aliphatic imine (C=N–C) groups is 1. The first-order valence-electron chi connectivity index (χ1n) is 5.23. The van der Waals surface area contributed by atoms with Crippen molar-refractivity contribution in [2.45, 2.75) is 32.7 Å². The first-order valence-corrected chi connectivity index (χ1v) is 6.22. The molecule has 0 aromatic heterocycles. The molecule has 78 valence electrons. The van der Waals surface area contributed by atoms with Gasteiger partial charge in [-0.15, -0.1) is 0 Å². The molecular weight excluding hydrogens is 196 g/mol. The lowest BCUT2D eigenvalue weighted by Crippen LogP contribution is -2.34. The van der Waals surface area contributed by atoms with Gasteiger partial charge in [-0.25, -0.2) is 0 Å². The molecule has 0 spiro atoms. The second kappa shape index (κ2) is 3.93. The van der Waals surface area contributed by atoms with E-state index in [1.807, 2.05) is 0 Å². The summed E-state index contributed by atoms with van der Waals surface area (Å²) in [6, 6.07) is 0.590. The minimum Gasteiger partial charge on any atom is -0.348 e. The first-order chi connectivity index (χ1) is 6.72. The molecule has 0 aromatic carbocycles. The highest BCUT2D eigenvalue weighted by molar-refractivity contribution is 8.14. The Bertz CT molecular complexity index is 277. The van der Waals surface area contributed by atoms with Gasteiger partial charge in [0, 0.05) is 12.6 Å². The van der Waals surface area contributed by atoms with Gasteiger partial charge in [-0.05, 0) is 18.8 Å². The molecule has 1 amide bonds. The average molecular weight is 212 g/mol. The Morgan fingerprint density at radius 3 is 3.00 bits per heavy atom. The zero-order valence-electron chi connectivity index (χ0n) is 8.69. The molecule has 1 saturated heterocycles. The molecule has 0 saturated carbocycles. The van der Waals surface area contributed by atoms with Crippen molar-refractivity contribution in [2.75, 3.05) is 12.3 Å². The zero-order valence-corrected chi connectivity index (χ0v) is 9.51. The largest absolute Gasteiger partial charge is 0.348 e. The van der Waals surface area contributed by atoms with Crippen LogP contribution in [0, 0.1) is 5.92 Å². The van der Waals surface area contributed by atoms with Crippen LogP contribution in [0.2, 0.25) is 0 Å². The van der Waals surface area contributed by atoms with Crippen LogP contribution in [0.1, 0.15) is 26.7 Å². The van der Waals surface area contributed by atoms with Crippen molar-refractivity contribution in [2.24, 2.45) is 10.9 Å². The van der Waals surface area contributed by atoms with Crippen molar-refractivity contribution >= 4 is 22.8 Å². The SMILES string of the molecule is CCC1C(C)CCN1C1=NC(=O)CS1. The Balaban J connectivity index is 2.11. The fourth-order valence-corrected chi connectivity index (χ4v) is 3.19. The van der Waals surface area contributed by atoms with Crippen LogP contribution in [0.4, 0.5) is 0 Å². The van der Waals surface area contributed by atoms with Crippen LogP contribution in [0.3, 0.4) is 0 Å². The molecule has 2 aliphatic heterocycles. The Labute approximate surface area is 89.0 Å². The Hall–Kier alpha value is -0.510. The molecule has 0 radical (unpaired) electrons. The van der Waals surface area contributed by atoms with Crippen molar-refractivity contribution in [1.29, 1.82) is 0 Å². The van der Waals surface area contributed by atoms with Crippen molar-refractivity contribution < 1.29 is 4.79 Å². The lowest BCUT2D eigenvalue weighted by atomic mass is 10.0. The van der Waals surface area contributed by atoms with Crippen molar-refractivity contribution in [1.82, 2.24) is 4.90 Å². The van der Waals surface area contributed by atoms with Gasteiger partial charge in [0.25, 0.3) is 5.91 Å². The predicted molar refractivity (Wildman–Crippen MR) is 59.5 cm³/mol. The molecule has 2 aliphatic rings. The van der Waals surface area contributed by atoms with E-state index in [0.29, 0.717) is 11.8 Å². The third-order valence-corrected chi connectivity index (χ3v) is 4.07. The van der Waals surface area contributed by atoms with Crippen LogP contribution >= 0.6 is 11.8 Å². The number of thioether (sulfide) groups is 1. The van der Waals surface area contributed by atoms with E-state index in [9.17, 15) is 4.79 Å². The van der Waals surface area contributed by atoms with E-state index in [2.05, 4.69) is 23.7 Å². The molecule has 2 rings (SSSR count). The van der Waals surface area contributed by atoms with E-state index in [4.69, 9.17) is 0 Å². The van der Waals surface area contributed by atoms with E-state index >= 15 is 0 Å². The molecule has 2 atom stereocenters. The molecule has 0 aliphatic carbocycles. The highest BCUT2D eigenvalue weighted by Gasteiger charge is 2.34. The number of rotatable bonds is 1. The van der Waals surface area contributed by atoms with Crippen LogP contribution < -0.4 is 0 Å². The summed E-state index contributed by atoms with van der Waals surface area (Å²) in [5.74, 6) is 1.30.